The number of carboxylic acids is 2. The van der Waals surface area contributed by atoms with Gasteiger partial charge in [-0.25, -0.2) is 19.1 Å². The Kier molecular flexibility index (Phi) is 12.2. The van der Waals surface area contributed by atoms with Crippen molar-refractivity contribution < 1.29 is 34.1 Å². The van der Waals surface area contributed by atoms with E-state index in [-0.39, 0.29) is 28.5 Å². The van der Waals surface area contributed by atoms with Gasteiger partial charge in [0.15, 0.2) is 17.2 Å². The fraction of sp³-hybridized carbons (Fsp3) is 0.263. The number of para-hydroxylation sites is 1. The summed E-state index contributed by atoms with van der Waals surface area (Å²) in [7, 11) is 0. The third kappa shape index (κ3) is 9.24. The third-order valence-corrected chi connectivity index (χ3v) is 11.1. The number of hydrogen-bond donors (Lipinski definition) is 4. The average molecular weight is 817 g/mol. The zero-order valence-corrected chi connectivity index (χ0v) is 31.7. The maximum Gasteiger partial charge on any atom is 0.349 e. The number of ether oxygens (including phenoxy) is 1. The van der Waals surface area contributed by atoms with E-state index in [2.05, 4.69) is 41.8 Å². The lowest BCUT2D eigenvalue weighted by atomic mass is 9.96. The van der Waals surface area contributed by atoms with Crippen molar-refractivity contribution >= 4 is 62.5 Å². The third-order valence-electron chi connectivity index (χ3n) is 8.85. The second-order valence-electron chi connectivity index (χ2n) is 12.6. The fourth-order valence-corrected chi connectivity index (χ4v) is 8.05. The summed E-state index contributed by atoms with van der Waals surface area (Å²) in [5, 5.41) is 33.6. The molecular formula is C38H38BrN7O7S. The molecule has 1 aliphatic heterocycles. The van der Waals surface area contributed by atoms with E-state index in [4.69, 9.17) is 9.84 Å². The molecule has 3 aromatic carbocycles. The highest BCUT2D eigenvalue weighted by molar-refractivity contribution is 9.10. The van der Waals surface area contributed by atoms with Crippen molar-refractivity contribution in [3.63, 3.8) is 0 Å². The predicted molar refractivity (Wildman–Crippen MR) is 208 cm³/mol. The van der Waals surface area contributed by atoms with Crippen LogP contribution >= 0.6 is 27.3 Å². The summed E-state index contributed by atoms with van der Waals surface area (Å²) in [4.78, 5) is 53.0. The van der Waals surface area contributed by atoms with Gasteiger partial charge >= 0.3 is 18.0 Å². The van der Waals surface area contributed by atoms with Crippen molar-refractivity contribution in [1.29, 1.82) is 0 Å². The lowest BCUT2D eigenvalue weighted by molar-refractivity contribution is -0.139. The van der Waals surface area contributed by atoms with E-state index in [1.807, 2.05) is 84.8 Å². The molecule has 1 saturated heterocycles. The molecule has 16 heteroatoms. The molecule has 0 bridgehead atoms. The first kappa shape index (κ1) is 38.0. The summed E-state index contributed by atoms with van der Waals surface area (Å²) >= 11 is 4.46. The van der Waals surface area contributed by atoms with Crippen molar-refractivity contribution in [2.75, 3.05) is 43.0 Å². The zero-order chi connectivity index (χ0) is 38.2. The number of likely N-dealkylation sites (tertiary alicyclic amines) is 1. The van der Waals surface area contributed by atoms with Gasteiger partial charge in [0, 0.05) is 43.1 Å². The molecule has 3 amide bonds. The number of anilines is 2. The van der Waals surface area contributed by atoms with Gasteiger partial charge in [0.2, 0.25) is 0 Å². The van der Waals surface area contributed by atoms with Crippen LogP contribution in [0.1, 0.15) is 45.5 Å². The number of urea groups is 1. The van der Waals surface area contributed by atoms with E-state index < -0.39 is 18.5 Å². The summed E-state index contributed by atoms with van der Waals surface area (Å²) in [6.07, 6.45) is 3.41. The van der Waals surface area contributed by atoms with Crippen molar-refractivity contribution in [3.05, 3.63) is 106 Å². The van der Waals surface area contributed by atoms with Crippen molar-refractivity contribution in [1.82, 2.24) is 25.2 Å². The minimum absolute atomic E-state index is 0.0362. The lowest BCUT2D eigenvalue weighted by Gasteiger charge is -2.35. The van der Waals surface area contributed by atoms with Gasteiger partial charge in [0.25, 0.3) is 5.91 Å². The normalized spacial score (nSPS) is 13.0. The van der Waals surface area contributed by atoms with Crippen LogP contribution in [0.25, 0.3) is 16.1 Å². The number of thiophene rings is 1. The fourth-order valence-electron chi connectivity index (χ4n) is 6.17. The Bertz CT molecular complexity index is 2120. The summed E-state index contributed by atoms with van der Waals surface area (Å²) in [5.41, 5.74) is 4.30. The quantitative estimate of drug-likeness (QED) is 0.0952. The van der Waals surface area contributed by atoms with Crippen LogP contribution in [0.15, 0.2) is 89.5 Å². The standard InChI is InChI=1S/C38H38BrN7O7S/c1-2-40-36(49)25-11-13-29(14-12-25)46-22-28(42-43-46)21-45(20-24-15-17-44(18-16-24)38(52)41-27-8-4-3-5-9-27)30-10-6-7-26(19-30)34-32(39)33(53-23-31(47)48)35(54-34)37(50)51/h3-14,19,22,24H,2,15-18,20-21,23H2,1H3,(H,40,49)(H,41,52)(H,47,48)(H,50,51). The molecule has 6 rings (SSSR count). The molecule has 0 spiro atoms. The van der Waals surface area contributed by atoms with E-state index >= 15 is 0 Å². The van der Waals surface area contributed by atoms with E-state index in [0.717, 1.165) is 41.2 Å². The minimum Gasteiger partial charge on any atom is -0.479 e. The number of rotatable bonds is 14. The molecule has 4 N–H and O–H groups in total. The number of aromatic nitrogens is 3. The van der Waals surface area contributed by atoms with Gasteiger partial charge in [0.05, 0.1) is 27.8 Å². The minimum atomic E-state index is -1.23. The van der Waals surface area contributed by atoms with Crippen molar-refractivity contribution in [2.45, 2.75) is 26.3 Å². The number of nitrogens with zero attached hydrogens (tertiary/aromatic N) is 5. The Labute approximate surface area is 323 Å². The number of carbonyl (C=O) groups excluding carboxylic acids is 2. The number of amides is 3. The largest absolute Gasteiger partial charge is 0.479 e. The SMILES string of the molecule is CCNC(=O)c1ccc(-n2cc(CN(CC3CCN(C(=O)Nc4ccccc4)CC3)c3cccc(-c4sc(C(=O)O)c(OCC(=O)O)c4Br)c3)nn2)cc1. The van der Waals surface area contributed by atoms with Crippen LogP contribution in [0.3, 0.4) is 0 Å². The Morgan fingerprint density at radius 2 is 1.74 bits per heavy atom. The zero-order valence-electron chi connectivity index (χ0n) is 29.3. The van der Waals surface area contributed by atoms with Gasteiger partial charge < -0.3 is 35.4 Å². The summed E-state index contributed by atoms with van der Waals surface area (Å²) in [6, 6.07) is 24.0. The molecule has 3 heterocycles. The monoisotopic (exact) mass is 815 g/mol. The number of hydrogen-bond acceptors (Lipinski definition) is 9. The van der Waals surface area contributed by atoms with Gasteiger partial charge in [-0.15, -0.1) is 16.4 Å². The van der Waals surface area contributed by atoms with Crippen LogP contribution in [0, 0.1) is 5.92 Å². The maximum atomic E-state index is 13.0. The van der Waals surface area contributed by atoms with Crippen molar-refractivity contribution in [3.8, 4) is 21.9 Å². The highest BCUT2D eigenvalue weighted by Gasteiger charge is 2.27. The molecule has 54 heavy (non-hydrogen) atoms. The summed E-state index contributed by atoms with van der Waals surface area (Å²) < 4.78 is 7.39. The first-order valence-corrected chi connectivity index (χ1v) is 18.9. The first-order chi connectivity index (χ1) is 26.1. The Morgan fingerprint density at radius 1 is 1.00 bits per heavy atom. The molecule has 1 fully saturated rings. The molecule has 0 radical (unpaired) electrons. The van der Waals surface area contributed by atoms with E-state index in [0.29, 0.717) is 58.9 Å². The smallest absolute Gasteiger partial charge is 0.349 e. The number of aliphatic carboxylic acids is 1. The van der Waals surface area contributed by atoms with E-state index in [1.165, 1.54) is 0 Å². The molecule has 0 saturated carbocycles. The highest BCUT2D eigenvalue weighted by atomic mass is 79.9. The number of nitrogens with one attached hydrogen (secondary N) is 2. The van der Waals surface area contributed by atoms with Gasteiger partial charge in [-0.1, -0.05) is 35.5 Å². The van der Waals surface area contributed by atoms with Gasteiger partial charge in [-0.3, -0.25) is 4.79 Å². The molecule has 5 aromatic rings. The number of carbonyl (C=O) groups is 4. The predicted octanol–water partition coefficient (Wildman–Crippen LogP) is 6.62. The molecule has 2 aromatic heterocycles. The summed E-state index contributed by atoms with van der Waals surface area (Å²) in [5.74, 6) is -2.39. The second-order valence-corrected chi connectivity index (χ2v) is 14.4. The van der Waals surface area contributed by atoms with E-state index in [9.17, 15) is 24.3 Å². The second kappa shape index (κ2) is 17.4. The Hall–Kier alpha value is -5.74. The molecule has 0 aliphatic carbocycles. The van der Waals surface area contributed by atoms with Gasteiger partial charge in [-0.2, -0.15) is 0 Å². The van der Waals surface area contributed by atoms with Crippen LogP contribution in [0.4, 0.5) is 16.2 Å². The number of benzene rings is 3. The maximum absolute atomic E-state index is 13.0. The number of carboxylic acid groups (broad SMARTS) is 2. The molecule has 14 nitrogen and oxygen atoms in total. The Morgan fingerprint density at radius 3 is 2.43 bits per heavy atom. The first-order valence-electron chi connectivity index (χ1n) is 17.3. The topological polar surface area (TPSA) is 179 Å². The van der Waals surface area contributed by atoms with E-state index in [1.54, 1.807) is 16.8 Å². The van der Waals surface area contributed by atoms with Gasteiger partial charge in [0.1, 0.15) is 5.69 Å². The molecule has 1 aliphatic rings. The molecular weight excluding hydrogens is 778 g/mol. The number of aromatic carboxylic acids is 1. The molecule has 280 valence electrons. The molecule has 0 unspecified atom stereocenters. The van der Waals surface area contributed by atoms with Crippen LogP contribution in [0.5, 0.6) is 5.75 Å². The average Bonchev–Trinajstić information content (AvgIpc) is 3.78. The number of piperidine rings is 1. The summed E-state index contributed by atoms with van der Waals surface area (Å²) in [6.45, 7) is 3.94. The van der Waals surface area contributed by atoms with Crippen LogP contribution in [-0.2, 0) is 11.3 Å². The van der Waals surface area contributed by atoms with Gasteiger partial charge in [-0.05, 0) is 95.7 Å². The van der Waals surface area contributed by atoms with Crippen LogP contribution < -0.4 is 20.3 Å². The lowest BCUT2D eigenvalue weighted by Crippen LogP contribution is -2.43. The van der Waals surface area contributed by atoms with Crippen LogP contribution in [0.2, 0.25) is 0 Å². The van der Waals surface area contributed by atoms with Crippen LogP contribution in [-0.4, -0.2) is 86.8 Å². The number of halogens is 1. The molecule has 0 atom stereocenters. The highest BCUT2D eigenvalue weighted by Crippen LogP contribution is 2.46. The Balaban J connectivity index is 1.24. The van der Waals surface area contributed by atoms with Crippen molar-refractivity contribution in [2.24, 2.45) is 5.92 Å².